The van der Waals surface area contributed by atoms with Gasteiger partial charge in [0.15, 0.2) is 0 Å². The molecule has 5 aliphatic rings. The molecule has 5 rings (SSSR count). The second kappa shape index (κ2) is 7.36. The summed E-state index contributed by atoms with van der Waals surface area (Å²) in [5.74, 6) is -0.814. The molecule has 0 heterocycles. The van der Waals surface area contributed by atoms with E-state index < -0.39 is 22.8 Å². The molecule has 0 aromatic carbocycles. The summed E-state index contributed by atoms with van der Waals surface area (Å²) in [5, 5.41) is 32.0. The van der Waals surface area contributed by atoms with E-state index in [1.165, 1.54) is 0 Å². The smallest absolute Gasteiger partial charge is 0.314 e. The molecule has 4 fully saturated rings. The molecular formula is C30H46O5. The second-order valence-electron chi connectivity index (χ2n) is 14.8. The monoisotopic (exact) mass is 486 g/mol. The highest BCUT2D eigenvalue weighted by molar-refractivity contribution is 5.82. The van der Waals surface area contributed by atoms with Crippen LogP contribution in [0, 0.1) is 50.2 Å². The van der Waals surface area contributed by atoms with Crippen LogP contribution in [0.25, 0.3) is 0 Å². The van der Waals surface area contributed by atoms with Crippen molar-refractivity contribution in [2.45, 2.75) is 112 Å². The molecule has 0 aromatic heterocycles. The summed E-state index contributed by atoms with van der Waals surface area (Å²) >= 11 is 0. The van der Waals surface area contributed by atoms with Crippen LogP contribution in [0.15, 0.2) is 11.6 Å². The average molecular weight is 487 g/mol. The first kappa shape index (κ1) is 25.3. The van der Waals surface area contributed by atoms with Crippen molar-refractivity contribution in [3.63, 3.8) is 0 Å². The Morgan fingerprint density at radius 1 is 0.829 bits per heavy atom. The molecule has 0 spiro atoms. The van der Waals surface area contributed by atoms with Crippen LogP contribution in [0.4, 0.5) is 0 Å². The Morgan fingerprint density at radius 3 is 2.11 bits per heavy atom. The lowest BCUT2D eigenvalue weighted by molar-refractivity contribution is -0.214. The zero-order valence-electron chi connectivity index (χ0n) is 22.6. The Bertz CT molecular complexity index is 983. The van der Waals surface area contributed by atoms with Gasteiger partial charge in [-0.2, -0.15) is 0 Å². The van der Waals surface area contributed by atoms with Crippen molar-refractivity contribution < 1.29 is 24.9 Å². The number of rotatable bonds is 2. The van der Waals surface area contributed by atoms with Crippen LogP contribution in [-0.2, 0) is 9.59 Å². The number of aliphatic hydroxyl groups is 1. The standard InChI is InChI=1S/C30H46O5/c1-25(2)20-9-12-29(6)21(28(20,5)11-10-22(25)31)8-7-18-19-17-27(4,23(32)33)14-13-26(19,3)15-16-30(18,29)24(34)35/h7,19-22,31H,8-17H2,1-6H3,(H,32,33)(H,34,35)/t19-,20+,21-,22+,26+,27+,28-,29+,30+/m0/s1. The Labute approximate surface area is 210 Å². The predicted octanol–water partition coefficient (Wildman–Crippen LogP) is 6.30. The zero-order chi connectivity index (χ0) is 25.8. The molecule has 5 aliphatic carbocycles. The van der Waals surface area contributed by atoms with Crippen molar-refractivity contribution in [1.29, 1.82) is 0 Å². The van der Waals surface area contributed by atoms with E-state index in [2.05, 4.69) is 40.7 Å². The van der Waals surface area contributed by atoms with Crippen LogP contribution < -0.4 is 0 Å². The van der Waals surface area contributed by atoms with Crippen molar-refractivity contribution in [3.8, 4) is 0 Å². The van der Waals surface area contributed by atoms with Crippen molar-refractivity contribution in [2.75, 3.05) is 0 Å². The van der Waals surface area contributed by atoms with E-state index in [-0.39, 0.29) is 39.6 Å². The van der Waals surface area contributed by atoms with Gasteiger partial charge in [-0.1, -0.05) is 46.3 Å². The molecule has 0 aliphatic heterocycles. The molecule has 0 bridgehead atoms. The van der Waals surface area contributed by atoms with Crippen LogP contribution in [0.3, 0.4) is 0 Å². The minimum atomic E-state index is -0.926. The van der Waals surface area contributed by atoms with Gasteiger partial charge in [-0.05, 0) is 111 Å². The highest BCUT2D eigenvalue weighted by Gasteiger charge is 2.72. The lowest BCUT2D eigenvalue weighted by Crippen LogP contribution is -2.67. The van der Waals surface area contributed by atoms with Gasteiger partial charge >= 0.3 is 11.9 Å². The molecule has 0 amide bonds. The maximum atomic E-state index is 13.5. The fourth-order valence-corrected chi connectivity index (χ4v) is 10.7. The van der Waals surface area contributed by atoms with Crippen LogP contribution in [-0.4, -0.2) is 33.4 Å². The van der Waals surface area contributed by atoms with Gasteiger partial charge in [-0.3, -0.25) is 9.59 Å². The number of hydrogen-bond acceptors (Lipinski definition) is 3. The molecule has 196 valence electrons. The van der Waals surface area contributed by atoms with E-state index in [1.54, 1.807) is 0 Å². The number of aliphatic carboxylic acids is 2. The van der Waals surface area contributed by atoms with Crippen LogP contribution in [0.5, 0.6) is 0 Å². The molecule has 5 nitrogen and oxygen atoms in total. The van der Waals surface area contributed by atoms with Crippen molar-refractivity contribution in [1.82, 2.24) is 0 Å². The first-order valence-electron chi connectivity index (χ1n) is 13.9. The van der Waals surface area contributed by atoms with E-state index in [9.17, 15) is 24.9 Å². The first-order valence-corrected chi connectivity index (χ1v) is 13.9. The number of allylic oxidation sites excluding steroid dienone is 1. The molecule has 0 saturated heterocycles. The second-order valence-corrected chi connectivity index (χ2v) is 14.8. The highest BCUT2D eigenvalue weighted by atomic mass is 16.4. The lowest BCUT2D eigenvalue weighted by atomic mass is 9.33. The summed E-state index contributed by atoms with van der Waals surface area (Å²) < 4.78 is 0. The Hall–Kier alpha value is -1.36. The van der Waals surface area contributed by atoms with Gasteiger partial charge in [0.05, 0.1) is 16.9 Å². The SMILES string of the molecule is CC1(C)[C@H](O)CC[C@@]2(C)[C@@H]1CC[C@]1(C)[C@H]2CC=C2[C@@H]3C[C@](C)(C(=O)O)CC[C@]3(C)CC[C@]21C(=O)O. The topological polar surface area (TPSA) is 94.8 Å². The predicted molar refractivity (Wildman–Crippen MR) is 135 cm³/mol. The summed E-state index contributed by atoms with van der Waals surface area (Å²) in [6.45, 7) is 13.2. The normalized spacial score (nSPS) is 52.7. The summed E-state index contributed by atoms with van der Waals surface area (Å²) in [4.78, 5) is 25.7. The minimum absolute atomic E-state index is 0.00937. The number of carboxylic acids is 2. The van der Waals surface area contributed by atoms with Crippen LogP contribution in [0.1, 0.15) is 106 Å². The van der Waals surface area contributed by atoms with E-state index in [0.717, 1.165) is 50.5 Å². The average Bonchev–Trinajstić information content (AvgIpc) is 2.76. The third-order valence-electron chi connectivity index (χ3n) is 13.1. The third kappa shape index (κ3) is 2.97. The fraction of sp³-hybridized carbons (Fsp3) is 0.867. The van der Waals surface area contributed by atoms with Gasteiger partial charge in [0.1, 0.15) is 0 Å². The number of fused-ring (bicyclic) bond motifs is 7. The maximum absolute atomic E-state index is 13.5. The Kier molecular flexibility index (Phi) is 5.32. The van der Waals surface area contributed by atoms with Crippen LogP contribution >= 0.6 is 0 Å². The fourth-order valence-electron chi connectivity index (χ4n) is 10.7. The number of aliphatic hydroxyl groups excluding tert-OH is 1. The number of carbonyl (C=O) groups is 2. The van der Waals surface area contributed by atoms with Crippen molar-refractivity contribution in [2.24, 2.45) is 50.2 Å². The highest BCUT2D eigenvalue weighted by Crippen LogP contribution is 2.75. The van der Waals surface area contributed by atoms with Gasteiger partial charge in [0, 0.05) is 0 Å². The molecule has 5 heteroatoms. The van der Waals surface area contributed by atoms with Gasteiger partial charge < -0.3 is 15.3 Å². The largest absolute Gasteiger partial charge is 0.481 e. The van der Waals surface area contributed by atoms with E-state index in [1.807, 2.05) is 6.92 Å². The van der Waals surface area contributed by atoms with Gasteiger partial charge in [-0.25, -0.2) is 0 Å². The third-order valence-corrected chi connectivity index (χ3v) is 13.1. The zero-order valence-corrected chi connectivity index (χ0v) is 22.6. The molecule has 0 radical (unpaired) electrons. The lowest BCUT2D eigenvalue weighted by Gasteiger charge is -2.70. The quantitative estimate of drug-likeness (QED) is 0.398. The summed E-state index contributed by atoms with van der Waals surface area (Å²) in [5.41, 5.74) is -1.24. The summed E-state index contributed by atoms with van der Waals surface area (Å²) in [6, 6.07) is 0. The number of carboxylic acid groups (broad SMARTS) is 2. The van der Waals surface area contributed by atoms with Crippen LogP contribution in [0.2, 0.25) is 0 Å². The first-order chi connectivity index (χ1) is 16.1. The molecule has 3 N–H and O–H groups in total. The van der Waals surface area contributed by atoms with E-state index in [0.29, 0.717) is 25.2 Å². The van der Waals surface area contributed by atoms with Gasteiger partial charge in [0.25, 0.3) is 0 Å². The molecule has 35 heavy (non-hydrogen) atoms. The minimum Gasteiger partial charge on any atom is -0.481 e. The van der Waals surface area contributed by atoms with Gasteiger partial charge in [-0.15, -0.1) is 0 Å². The summed E-state index contributed by atoms with van der Waals surface area (Å²) in [7, 11) is 0. The van der Waals surface area contributed by atoms with Crippen molar-refractivity contribution >= 4 is 11.9 Å². The van der Waals surface area contributed by atoms with E-state index in [4.69, 9.17) is 0 Å². The molecule has 0 aromatic rings. The Morgan fingerprint density at radius 2 is 1.49 bits per heavy atom. The van der Waals surface area contributed by atoms with Gasteiger partial charge in [0.2, 0.25) is 0 Å². The number of hydrogen-bond donors (Lipinski definition) is 3. The molecule has 0 unspecified atom stereocenters. The molecular weight excluding hydrogens is 440 g/mol. The van der Waals surface area contributed by atoms with E-state index >= 15 is 0 Å². The molecule has 4 saturated carbocycles. The molecule has 9 atom stereocenters. The van der Waals surface area contributed by atoms with Crippen molar-refractivity contribution in [3.05, 3.63) is 11.6 Å². The summed E-state index contributed by atoms with van der Waals surface area (Å²) in [6.07, 6.45) is 9.94. The Balaban J connectivity index is 1.64. The maximum Gasteiger partial charge on any atom is 0.314 e.